The summed E-state index contributed by atoms with van der Waals surface area (Å²) in [7, 11) is 0. The van der Waals surface area contributed by atoms with E-state index in [9.17, 15) is 25.0 Å². The molecule has 24 heavy (non-hydrogen) atoms. The molecule has 3 aromatic rings. The summed E-state index contributed by atoms with van der Waals surface area (Å²) in [5.74, 6) is -0.520. The minimum Gasteiger partial charge on any atom is -0.306 e. The first-order chi connectivity index (χ1) is 11.5. The number of nitrogens with one attached hydrogen (secondary N) is 1. The number of aromatic nitrogens is 2. The quantitative estimate of drug-likeness (QED) is 0.566. The molecule has 0 spiro atoms. The van der Waals surface area contributed by atoms with E-state index in [1.165, 1.54) is 17.7 Å². The second-order valence-electron chi connectivity index (χ2n) is 4.57. The standard InChI is InChI=1S/C13H7N5O5S/c19-12(16-11-10-1-2-24-13(10)15-6-14-11)7-3-8(17(20)21)5-9(4-7)18(22)23/h1-6H,(H,14,15,16,19). The highest BCUT2D eigenvalue weighted by atomic mass is 32.1. The van der Waals surface area contributed by atoms with Gasteiger partial charge in [0.1, 0.15) is 17.0 Å². The van der Waals surface area contributed by atoms with Crippen LogP contribution >= 0.6 is 11.3 Å². The van der Waals surface area contributed by atoms with Gasteiger partial charge in [-0.2, -0.15) is 0 Å². The zero-order valence-corrected chi connectivity index (χ0v) is 12.5. The van der Waals surface area contributed by atoms with Gasteiger partial charge in [0, 0.05) is 12.1 Å². The van der Waals surface area contributed by atoms with E-state index in [0.717, 1.165) is 18.2 Å². The van der Waals surface area contributed by atoms with Gasteiger partial charge >= 0.3 is 0 Å². The summed E-state index contributed by atoms with van der Waals surface area (Å²) in [6, 6.07) is 4.44. The number of thiophene rings is 1. The number of nitro benzene ring substituents is 2. The number of nitrogens with zero attached hydrogens (tertiary/aromatic N) is 4. The Morgan fingerprint density at radius 1 is 1.08 bits per heavy atom. The number of amides is 1. The van der Waals surface area contributed by atoms with Gasteiger partial charge in [0.25, 0.3) is 17.3 Å². The summed E-state index contributed by atoms with van der Waals surface area (Å²) in [5, 5.41) is 26.6. The maximum absolute atomic E-state index is 12.3. The summed E-state index contributed by atoms with van der Waals surface area (Å²) in [6.07, 6.45) is 1.27. The van der Waals surface area contributed by atoms with Crippen molar-refractivity contribution >= 4 is 44.7 Å². The van der Waals surface area contributed by atoms with Crippen LogP contribution in [-0.4, -0.2) is 25.7 Å². The second-order valence-corrected chi connectivity index (χ2v) is 5.46. The average molecular weight is 345 g/mol. The zero-order chi connectivity index (χ0) is 17.3. The topological polar surface area (TPSA) is 141 Å². The fourth-order valence-electron chi connectivity index (χ4n) is 2.01. The monoisotopic (exact) mass is 345 g/mol. The van der Waals surface area contributed by atoms with E-state index in [0.29, 0.717) is 10.2 Å². The summed E-state index contributed by atoms with van der Waals surface area (Å²) in [6.45, 7) is 0. The molecular weight excluding hydrogens is 338 g/mol. The third kappa shape index (κ3) is 2.87. The fraction of sp³-hybridized carbons (Fsp3) is 0. The van der Waals surface area contributed by atoms with Gasteiger partial charge in [0.2, 0.25) is 0 Å². The van der Waals surface area contributed by atoms with Crippen molar-refractivity contribution in [2.24, 2.45) is 0 Å². The van der Waals surface area contributed by atoms with Crippen LogP contribution in [0.15, 0.2) is 36.0 Å². The number of carbonyl (C=O) groups excluding carboxylic acids is 1. The van der Waals surface area contributed by atoms with Crippen LogP contribution in [0.3, 0.4) is 0 Å². The van der Waals surface area contributed by atoms with Crippen molar-refractivity contribution in [3.63, 3.8) is 0 Å². The number of fused-ring (bicyclic) bond motifs is 1. The molecule has 0 radical (unpaired) electrons. The molecule has 0 aliphatic rings. The van der Waals surface area contributed by atoms with Crippen molar-refractivity contribution in [1.82, 2.24) is 9.97 Å². The number of benzene rings is 1. The van der Waals surface area contributed by atoms with Crippen molar-refractivity contribution in [2.75, 3.05) is 5.32 Å². The highest BCUT2D eigenvalue weighted by Crippen LogP contribution is 2.26. The Labute approximate surface area is 137 Å². The smallest absolute Gasteiger partial charge is 0.277 e. The molecule has 11 heteroatoms. The first-order valence-electron chi connectivity index (χ1n) is 6.39. The molecule has 1 N–H and O–H groups in total. The Morgan fingerprint density at radius 2 is 1.75 bits per heavy atom. The number of carbonyl (C=O) groups is 1. The van der Waals surface area contributed by atoms with Crippen LogP contribution < -0.4 is 5.32 Å². The number of anilines is 1. The van der Waals surface area contributed by atoms with Crippen LogP contribution in [0, 0.1) is 20.2 Å². The lowest BCUT2D eigenvalue weighted by Gasteiger charge is -2.05. The van der Waals surface area contributed by atoms with Crippen LogP contribution in [0.25, 0.3) is 10.2 Å². The van der Waals surface area contributed by atoms with Crippen LogP contribution in [0.5, 0.6) is 0 Å². The molecule has 10 nitrogen and oxygen atoms in total. The maximum atomic E-state index is 12.3. The molecule has 0 bridgehead atoms. The predicted octanol–water partition coefficient (Wildman–Crippen LogP) is 2.76. The molecule has 0 saturated carbocycles. The van der Waals surface area contributed by atoms with Crippen LogP contribution in [0.1, 0.15) is 10.4 Å². The lowest BCUT2D eigenvalue weighted by Crippen LogP contribution is -2.14. The van der Waals surface area contributed by atoms with E-state index in [1.54, 1.807) is 11.4 Å². The fourth-order valence-corrected chi connectivity index (χ4v) is 2.74. The Bertz CT molecular complexity index is 954. The van der Waals surface area contributed by atoms with Gasteiger partial charge in [-0.25, -0.2) is 9.97 Å². The number of hydrogen-bond donors (Lipinski definition) is 1. The number of hydrogen-bond acceptors (Lipinski definition) is 8. The Morgan fingerprint density at radius 3 is 2.38 bits per heavy atom. The maximum Gasteiger partial charge on any atom is 0.277 e. The summed E-state index contributed by atoms with van der Waals surface area (Å²) < 4.78 is 0. The van der Waals surface area contributed by atoms with E-state index >= 15 is 0 Å². The van der Waals surface area contributed by atoms with Gasteiger partial charge in [-0.3, -0.25) is 25.0 Å². The van der Waals surface area contributed by atoms with E-state index < -0.39 is 27.1 Å². The van der Waals surface area contributed by atoms with Gasteiger partial charge in [-0.15, -0.1) is 11.3 Å². The molecule has 0 aliphatic carbocycles. The lowest BCUT2D eigenvalue weighted by molar-refractivity contribution is -0.394. The van der Waals surface area contributed by atoms with Crippen molar-refractivity contribution in [3.05, 3.63) is 61.8 Å². The largest absolute Gasteiger partial charge is 0.306 e. The van der Waals surface area contributed by atoms with E-state index in [-0.39, 0.29) is 11.4 Å². The third-order valence-electron chi connectivity index (χ3n) is 3.08. The first kappa shape index (κ1) is 15.4. The van der Waals surface area contributed by atoms with Gasteiger partial charge < -0.3 is 5.32 Å². The van der Waals surface area contributed by atoms with Gasteiger partial charge in [0.15, 0.2) is 0 Å². The van der Waals surface area contributed by atoms with E-state index in [2.05, 4.69) is 15.3 Å². The van der Waals surface area contributed by atoms with E-state index in [4.69, 9.17) is 0 Å². The third-order valence-corrected chi connectivity index (χ3v) is 3.90. The SMILES string of the molecule is O=C(Nc1ncnc2sccc12)c1cc([N+](=O)[O-])cc([N+](=O)[O-])c1. The Kier molecular flexibility index (Phi) is 3.83. The van der Waals surface area contributed by atoms with Crippen molar-refractivity contribution in [3.8, 4) is 0 Å². The van der Waals surface area contributed by atoms with Crippen molar-refractivity contribution in [2.45, 2.75) is 0 Å². The molecule has 0 saturated heterocycles. The number of non-ortho nitro benzene ring substituents is 2. The van der Waals surface area contributed by atoms with Crippen LogP contribution in [-0.2, 0) is 0 Å². The molecule has 1 aromatic carbocycles. The molecule has 0 atom stereocenters. The second kappa shape index (κ2) is 5.96. The van der Waals surface area contributed by atoms with Crippen LogP contribution in [0.4, 0.5) is 17.2 Å². The van der Waals surface area contributed by atoms with Gasteiger partial charge in [-0.05, 0) is 11.4 Å². The molecule has 2 aromatic heterocycles. The summed E-state index contributed by atoms with van der Waals surface area (Å²) in [5.41, 5.74) is -1.30. The minimum atomic E-state index is -0.800. The highest BCUT2D eigenvalue weighted by molar-refractivity contribution is 7.16. The molecule has 1 amide bonds. The van der Waals surface area contributed by atoms with Crippen LogP contribution in [0.2, 0.25) is 0 Å². The van der Waals surface area contributed by atoms with Gasteiger partial charge in [-0.1, -0.05) is 0 Å². The minimum absolute atomic E-state index is 0.210. The zero-order valence-electron chi connectivity index (χ0n) is 11.7. The Balaban J connectivity index is 1.99. The van der Waals surface area contributed by atoms with Crippen molar-refractivity contribution in [1.29, 1.82) is 0 Å². The van der Waals surface area contributed by atoms with Gasteiger partial charge in [0.05, 0.1) is 26.9 Å². The lowest BCUT2D eigenvalue weighted by atomic mass is 10.1. The average Bonchev–Trinajstić information content (AvgIpc) is 3.04. The molecular formula is C13H7N5O5S. The molecule has 120 valence electrons. The molecule has 2 heterocycles. The number of rotatable bonds is 4. The normalized spacial score (nSPS) is 10.5. The van der Waals surface area contributed by atoms with Crippen molar-refractivity contribution < 1.29 is 14.6 Å². The molecule has 0 unspecified atom stereocenters. The summed E-state index contributed by atoms with van der Waals surface area (Å²) >= 11 is 1.36. The van der Waals surface area contributed by atoms with E-state index in [1.807, 2.05) is 0 Å². The predicted molar refractivity (Wildman–Crippen MR) is 85.1 cm³/mol. The first-order valence-corrected chi connectivity index (χ1v) is 7.27. The molecule has 0 aliphatic heterocycles. The molecule has 3 rings (SSSR count). The molecule has 0 fully saturated rings. The Hall–Kier alpha value is -3.47. The number of nitro groups is 2. The highest BCUT2D eigenvalue weighted by Gasteiger charge is 2.20. The summed E-state index contributed by atoms with van der Waals surface area (Å²) in [4.78, 5) is 41.1.